The second kappa shape index (κ2) is 9.46. The summed E-state index contributed by atoms with van der Waals surface area (Å²) in [5.41, 5.74) is 2.17. The number of carbonyl (C=O) groups is 1. The fourth-order valence-electron chi connectivity index (χ4n) is 3.09. The largest absolute Gasteiger partial charge is 0.493 e. The average Bonchev–Trinajstić information content (AvgIpc) is 3.22. The van der Waals surface area contributed by atoms with Crippen LogP contribution in [0.4, 0.5) is 5.69 Å². The summed E-state index contributed by atoms with van der Waals surface area (Å²) in [6, 6.07) is 10.8. The summed E-state index contributed by atoms with van der Waals surface area (Å²) in [7, 11) is 1.57. The van der Waals surface area contributed by atoms with Crippen molar-refractivity contribution < 1.29 is 23.7 Å². The fourth-order valence-corrected chi connectivity index (χ4v) is 3.09. The molecule has 3 rings (SSSR count). The smallest absolute Gasteiger partial charge is 0.255 e. The lowest BCUT2D eigenvalue weighted by atomic mass is 10.1. The Balaban J connectivity index is 1.75. The number of ether oxygens (including phenoxy) is 4. The molecule has 0 spiro atoms. The Morgan fingerprint density at radius 1 is 1.14 bits per heavy atom. The van der Waals surface area contributed by atoms with E-state index in [1.165, 1.54) is 0 Å². The number of aryl methyl sites for hydroxylation is 1. The van der Waals surface area contributed by atoms with E-state index in [0.29, 0.717) is 41.7 Å². The third-order valence-electron chi connectivity index (χ3n) is 4.56. The van der Waals surface area contributed by atoms with Gasteiger partial charge in [-0.1, -0.05) is 6.07 Å². The molecule has 6 heteroatoms. The zero-order valence-electron chi connectivity index (χ0n) is 16.6. The van der Waals surface area contributed by atoms with Crippen molar-refractivity contribution >= 4 is 11.6 Å². The summed E-state index contributed by atoms with van der Waals surface area (Å²) >= 11 is 0. The normalized spacial score (nSPS) is 15.9. The summed E-state index contributed by atoms with van der Waals surface area (Å²) in [6.45, 7) is 5.62. The molecule has 150 valence electrons. The van der Waals surface area contributed by atoms with E-state index in [2.05, 4.69) is 5.32 Å². The SMILES string of the molecule is CCOc1cc(C(=O)Nc2ccc(C)cc2OCC2CCCO2)ccc1OC. The van der Waals surface area contributed by atoms with Crippen LogP contribution < -0.4 is 19.5 Å². The average molecular weight is 385 g/mol. The molecule has 1 aliphatic rings. The van der Waals surface area contributed by atoms with Gasteiger partial charge in [0.15, 0.2) is 11.5 Å². The number of benzene rings is 2. The first-order valence-electron chi connectivity index (χ1n) is 9.58. The Morgan fingerprint density at radius 2 is 2.00 bits per heavy atom. The molecule has 1 N–H and O–H groups in total. The number of anilines is 1. The van der Waals surface area contributed by atoms with Crippen LogP contribution in [0, 0.1) is 6.92 Å². The predicted octanol–water partition coefficient (Wildman–Crippen LogP) is 4.21. The van der Waals surface area contributed by atoms with Crippen LogP contribution in [-0.4, -0.2) is 38.9 Å². The Kier molecular flexibility index (Phi) is 6.76. The molecule has 0 saturated carbocycles. The van der Waals surface area contributed by atoms with Crippen molar-refractivity contribution in [3.63, 3.8) is 0 Å². The molecule has 1 aliphatic heterocycles. The van der Waals surface area contributed by atoms with Crippen LogP contribution in [0.3, 0.4) is 0 Å². The first-order chi connectivity index (χ1) is 13.6. The van der Waals surface area contributed by atoms with Crippen molar-refractivity contribution in [2.75, 3.05) is 32.2 Å². The Hall–Kier alpha value is -2.73. The monoisotopic (exact) mass is 385 g/mol. The molecule has 0 aliphatic carbocycles. The summed E-state index contributed by atoms with van der Waals surface area (Å²) in [5, 5.41) is 2.94. The Labute approximate surface area is 165 Å². The van der Waals surface area contributed by atoms with Gasteiger partial charge in [0, 0.05) is 12.2 Å². The number of hydrogen-bond donors (Lipinski definition) is 1. The van der Waals surface area contributed by atoms with Crippen LogP contribution in [-0.2, 0) is 4.74 Å². The molecule has 2 aromatic carbocycles. The van der Waals surface area contributed by atoms with Gasteiger partial charge >= 0.3 is 0 Å². The van der Waals surface area contributed by atoms with Gasteiger partial charge in [-0.3, -0.25) is 4.79 Å². The predicted molar refractivity (Wildman–Crippen MR) is 108 cm³/mol. The van der Waals surface area contributed by atoms with Crippen LogP contribution in [0.15, 0.2) is 36.4 Å². The van der Waals surface area contributed by atoms with E-state index >= 15 is 0 Å². The fraction of sp³-hybridized carbons (Fsp3) is 0.409. The number of nitrogens with one attached hydrogen (secondary N) is 1. The maximum absolute atomic E-state index is 12.8. The van der Waals surface area contributed by atoms with E-state index in [1.807, 2.05) is 32.0 Å². The van der Waals surface area contributed by atoms with Crippen LogP contribution in [0.25, 0.3) is 0 Å². The molecule has 0 aromatic heterocycles. The molecule has 1 heterocycles. The molecule has 1 amide bonds. The first kappa shape index (κ1) is 20.0. The Bertz CT molecular complexity index is 815. The van der Waals surface area contributed by atoms with Gasteiger partial charge < -0.3 is 24.3 Å². The van der Waals surface area contributed by atoms with Crippen LogP contribution in [0.2, 0.25) is 0 Å². The van der Waals surface area contributed by atoms with Crippen molar-refractivity contribution in [2.45, 2.75) is 32.8 Å². The van der Waals surface area contributed by atoms with Gasteiger partial charge in [0.1, 0.15) is 12.4 Å². The lowest BCUT2D eigenvalue weighted by Gasteiger charge is -2.16. The van der Waals surface area contributed by atoms with Gasteiger partial charge in [-0.15, -0.1) is 0 Å². The topological polar surface area (TPSA) is 66.0 Å². The number of carbonyl (C=O) groups excluding carboxylic acids is 1. The van der Waals surface area contributed by atoms with Crippen LogP contribution >= 0.6 is 0 Å². The number of methoxy groups -OCH3 is 1. The summed E-state index contributed by atoms with van der Waals surface area (Å²) in [6.07, 6.45) is 2.17. The minimum absolute atomic E-state index is 0.111. The van der Waals surface area contributed by atoms with Crippen LogP contribution in [0.5, 0.6) is 17.2 Å². The highest BCUT2D eigenvalue weighted by Gasteiger charge is 2.18. The summed E-state index contributed by atoms with van der Waals surface area (Å²) in [5.74, 6) is 1.53. The third-order valence-corrected chi connectivity index (χ3v) is 4.56. The quantitative estimate of drug-likeness (QED) is 0.737. The van der Waals surface area contributed by atoms with E-state index < -0.39 is 0 Å². The van der Waals surface area contributed by atoms with Crippen molar-refractivity contribution in [1.82, 2.24) is 0 Å². The second-order valence-corrected chi connectivity index (χ2v) is 6.70. The van der Waals surface area contributed by atoms with Gasteiger partial charge in [-0.25, -0.2) is 0 Å². The number of hydrogen-bond acceptors (Lipinski definition) is 5. The molecular formula is C22H27NO5. The molecule has 1 unspecified atom stereocenters. The zero-order valence-corrected chi connectivity index (χ0v) is 16.6. The van der Waals surface area contributed by atoms with E-state index in [0.717, 1.165) is 25.0 Å². The summed E-state index contributed by atoms with van der Waals surface area (Å²) < 4.78 is 22.4. The standard InChI is InChI=1S/C22H27NO5/c1-4-26-21-13-16(8-10-19(21)25-3)22(24)23-18-9-7-15(2)12-20(18)28-14-17-6-5-11-27-17/h7-10,12-13,17H,4-6,11,14H2,1-3H3,(H,23,24). The molecule has 1 atom stereocenters. The van der Waals surface area contributed by atoms with E-state index in [9.17, 15) is 4.79 Å². The van der Waals surface area contributed by atoms with E-state index in [4.69, 9.17) is 18.9 Å². The second-order valence-electron chi connectivity index (χ2n) is 6.70. The van der Waals surface area contributed by atoms with E-state index in [1.54, 1.807) is 25.3 Å². The lowest BCUT2D eigenvalue weighted by molar-refractivity contribution is 0.0681. The summed E-state index contributed by atoms with van der Waals surface area (Å²) in [4.78, 5) is 12.8. The number of rotatable bonds is 8. The minimum atomic E-state index is -0.241. The van der Waals surface area contributed by atoms with E-state index in [-0.39, 0.29) is 12.0 Å². The molecule has 1 fully saturated rings. The molecule has 0 radical (unpaired) electrons. The highest BCUT2D eigenvalue weighted by atomic mass is 16.5. The van der Waals surface area contributed by atoms with Gasteiger partial charge in [-0.05, 0) is 62.6 Å². The third kappa shape index (κ3) is 4.95. The number of amides is 1. The maximum Gasteiger partial charge on any atom is 0.255 e. The van der Waals surface area contributed by atoms with Crippen molar-refractivity contribution in [1.29, 1.82) is 0 Å². The molecule has 1 saturated heterocycles. The zero-order chi connectivity index (χ0) is 19.9. The molecular weight excluding hydrogens is 358 g/mol. The van der Waals surface area contributed by atoms with Gasteiger partial charge in [-0.2, -0.15) is 0 Å². The molecule has 28 heavy (non-hydrogen) atoms. The van der Waals surface area contributed by atoms with Gasteiger partial charge in [0.2, 0.25) is 0 Å². The van der Waals surface area contributed by atoms with Crippen LogP contribution in [0.1, 0.15) is 35.7 Å². The molecule has 2 aromatic rings. The molecule has 0 bridgehead atoms. The highest BCUT2D eigenvalue weighted by Crippen LogP contribution is 2.30. The van der Waals surface area contributed by atoms with Crippen molar-refractivity contribution in [3.05, 3.63) is 47.5 Å². The Morgan fingerprint density at radius 3 is 2.71 bits per heavy atom. The maximum atomic E-state index is 12.8. The highest BCUT2D eigenvalue weighted by molar-refractivity contribution is 6.05. The lowest BCUT2D eigenvalue weighted by Crippen LogP contribution is -2.18. The first-order valence-corrected chi connectivity index (χ1v) is 9.58. The van der Waals surface area contributed by atoms with Gasteiger partial charge in [0.05, 0.1) is 25.5 Å². The van der Waals surface area contributed by atoms with Crippen molar-refractivity contribution in [3.8, 4) is 17.2 Å². The minimum Gasteiger partial charge on any atom is -0.493 e. The van der Waals surface area contributed by atoms with Gasteiger partial charge in [0.25, 0.3) is 5.91 Å². The van der Waals surface area contributed by atoms with Crippen molar-refractivity contribution in [2.24, 2.45) is 0 Å². The molecule has 6 nitrogen and oxygen atoms in total.